The lowest BCUT2D eigenvalue weighted by Crippen LogP contribution is -2.48. The van der Waals surface area contributed by atoms with Gasteiger partial charge in [-0.15, -0.1) is 0 Å². The van der Waals surface area contributed by atoms with Crippen molar-refractivity contribution in [3.8, 4) is 0 Å². The summed E-state index contributed by atoms with van der Waals surface area (Å²) in [5, 5.41) is 10.3. The maximum absolute atomic E-state index is 12.6. The summed E-state index contributed by atoms with van der Waals surface area (Å²) in [6.07, 6.45) is 12.0. The van der Waals surface area contributed by atoms with Crippen LogP contribution >= 0.6 is 0 Å². The number of nitrogens with zero attached hydrogens (tertiary/aromatic N) is 3. The van der Waals surface area contributed by atoms with Gasteiger partial charge in [0.05, 0.1) is 0 Å². The van der Waals surface area contributed by atoms with Crippen molar-refractivity contribution >= 4 is 6.03 Å². The molecular formula is C20H33N5O. The molecule has 26 heavy (non-hydrogen) atoms. The topological polar surface area (TPSA) is 64.3 Å². The first-order valence-electron chi connectivity index (χ1n) is 10.6. The number of amides is 2. The fourth-order valence-electron chi connectivity index (χ4n) is 5.10. The van der Waals surface area contributed by atoms with Gasteiger partial charge in [-0.2, -0.15) is 5.10 Å². The van der Waals surface area contributed by atoms with Crippen LogP contribution in [0.5, 0.6) is 0 Å². The highest BCUT2D eigenvalue weighted by Gasteiger charge is 2.29. The zero-order valence-electron chi connectivity index (χ0n) is 15.8. The van der Waals surface area contributed by atoms with Crippen LogP contribution in [0.3, 0.4) is 0 Å². The SMILES string of the molecule is O=C(NC[C@H]1CCCN(C2CCCC2)C1)N1CCC(c2ccn[nH]2)CC1. The summed E-state index contributed by atoms with van der Waals surface area (Å²) in [6.45, 7) is 4.95. The summed E-state index contributed by atoms with van der Waals surface area (Å²) in [5.74, 6) is 1.13. The molecule has 2 aliphatic heterocycles. The molecule has 0 bridgehead atoms. The predicted molar refractivity (Wildman–Crippen MR) is 102 cm³/mol. The standard InChI is InChI=1S/C20H33N5O/c26-20(24-12-8-17(9-13-24)19-7-10-22-23-19)21-14-16-4-3-11-25(15-16)18-5-1-2-6-18/h7,10,16-18H,1-6,8-9,11-15H2,(H,21,26)(H,22,23)/t16-/m1/s1. The van der Waals surface area contributed by atoms with E-state index < -0.39 is 0 Å². The highest BCUT2D eigenvalue weighted by atomic mass is 16.2. The quantitative estimate of drug-likeness (QED) is 0.869. The maximum atomic E-state index is 12.6. The molecular weight excluding hydrogens is 326 g/mol. The molecule has 2 saturated heterocycles. The molecule has 2 N–H and O–H groups in total. The van der Waals surface area contributed by atoms with Crippen molar-refractivity contribution in [3.63, 3.8) is 0 Å². The molecule has 1 aromatic rings. The Morgan fingerprint density at radius 2 is 1.92 bits per heavy atom. The minimum Gasteiger partial charge on any atom is -0.338 e. The van der Waals surface area contributed by atoms with Gasteiger partial charge in [-0.05, 0) is 57.1 Å². The van der Waals surface area contributed by atoms with E-state index in [0.717, 1.165) is 38.5 Å². The zero-order chi connectivity index (χ0) is 17.8. The number of H-pyrrole nitrogens is 1. The van der Waals surface area contributed by atoms with Crippen molar-refractivity contribution in [1.82, 2.24) is 25.3 Å². The molecule has 3 fully saturated rings. The van der Waals surface area contributed by atoms with Gasteiger partial charge in [0.1, 0.15) is 0 Å². The maximum Gasteiger partial charge on any atom is 0.317 e. The minimum atomic E-state index is 0.131. The van der Waals surface area contributed by atoms with Crippen molar-refractivity contribution in [2.45, 2.75) is 63.3 Å². The van der Waals surface area contributed by atoms with E-state index in [2.05, 4.69) is 26.5 Å². The number of carbonyl (C=O) groups excluding carboxylic acids is 1. The van der Waals surface area contributed by atoms with Crippen LogP contribution in [0.15, 0.2) is 12.3 Å². The van der Waals surface area contributed by atoms with Crippen LogP contribution in [-0.2, 0) is 0 Å². The summed E-state index contributed by atoms with van der Waals surface area (Å²) in [7, 11) is 0. The van der Waals surface area contributed by atoms with Gasteiger partial charge >= 0.3 is 6.03 Å². The normalized spacial score (nSPS) is 26.3. The van der Waals surface area contributed by atoms with Crippen LogP contribution in [0.2, 0.25) is 0 Å². The molecule has 0 spiro atoms. The van der Waals surface area contributed by atoms with Gasteiger partial charge in [0.25, 0.3) is 0 Å². The Morgan fingerprint density at radius 1 is 1.12 bits per heavy atom. The molecule has 0 unspecified atom stereocenters. The van der Waals surface area contributed by atoms with E-state index in [1.165, 1.54) is 57.3 Å². The molecule has 1 atom stereocenters. The van der Waals surface area contributed by atoms with E-state index in [-0.39, 0.29) is 6.03 Å². The first kappa shape index (κ1) is 17.8. The fourth-order valence-corrected chi connectivity index (χ4v) is 5.10. The van der Waals surface area contributed by atoms with Crippen LogP contribution in [0.1, 0.15) is 63.0 Å². The van der Waals surface area contributed by atoms with Crippen molar-refractivity contribution < 1.29 is 4.79 Å². The van der Waals surface area contributed by atoms with Crippen molar-refractivity contribution in [1.29, 1.82) is 0 Å². The van der Waals surface area contributed by atoms with E-state index in [1.807, 2.05) is 11.1 Å². The van der Waals surface area contributed by atoms with E-state index in [4.69, 9.17) is 0 Å². The van der Waals surface area contributed by atoms with Crippen molar-refractivity contribution in [2.75, 3.05) is 32.7 Å². The number of piperidine rings is 2. The van der Waals surface area contributed by atoms with Gasteiger partial charge in [-0.1, -0.05) is 12.8 Å². The predicted octanol–water partition coefficient (Wildman–Crippen LogP) is 2.95. The number of rotatable bonds is 4. The number of aromatic amines is 1. The Bertz CT molecular complexity index is 561. The molecule has 3 heterocycles. The van der Waals surface area contributed by atoms with Crippen LogP contribution < -0.4 is 5.32 Å². The first-order chi connectivity index (χ1) is 12.8. The number of aromatic nitrogens is 2. The van der Waals surface area contributed by atoms with Gasteiger partial charge in [-0.25, -0.2) is 4.79 Å². The second-order valence-corrected chi connectivity index (χ2v) is 8.40. The zero-order valence-corrected chi connectivity index (χ0v) is 15.8. The Balaban J connectivity index is 1.19. The lowest BCUT2D eigenvalue weighted by atomic mass is 9.94. The molecule has 6 nitrogen and oxygen atoms in total. The van der Waals surface area contributed by atoms with Gasteiger partial charge in [0.15, 0.2) is 0 Å². The average Bonchev–Trinajstić information content (AvgIpc) is 3.40. The molecule has 2 amide bonds. The second kappa shape index (κ2) is 8.42. The second-order valence-electron chi connectivity index (χ2n) is 8.40. The lowest BCUT2D eigenvalue weighted by molar-refractivity contribution is 0.122. The van der Waals surface area contributed by atoms with E-state index >= 15 is 0 Å². The van der Waals surface area contributed by atoms with Crippen molar-refractivity contribution in [2.24, 2.45) is 5.92 Å². The molecule has 1 aliphatic carbocycles. The summed E-state index contributed by atoms with van der Waals surface area (Å²) in [6, 6.07) is 3.00. The lowest BCUT2D eigenvalue weighted by Gasteiger charge is -2.37. The molecule has 3 aliphatic rings. The molecule has 144 valence electrons. The Labute approximate surface area is 156 Å². The highest BCUT2D eigenvalue weighted by molar-refractivity contribution is 5.74. The Morgan fingerprint density at radius 3 is 2.65 bits per heavy atom. The van der Waals surface area contributed by atoms with Gasteiger partial charge < -0.3 is 15.1 Å². The van der Waals surface area contributed by atoms with E-state index in [1.54, 1.807) is 0 Å². The van der Waals surface area contributed by atoms with Crippen molar-refractivity contribution in [3.05, 3.63) is 18.0 Å². The number of likely N-dealkylation sites (tertiary alicyclic amines) is 2. The van der Waals surface area contributed by atoms with Crippen LogP contribution in [0.25, 0.3) is 0 Å². The largest absolute Gasteiger partial charge is 0.338 e. The number of nitrogens with one attached hydrogen (secondary N) is 2. The highest BCUT2D eigenvalue weighted by Crippen LogP contribution is 2.28. The third-order valence-electron chi connectivity index (χ3n) is 6.68. The number of urea groups is 1. The molecule has 4 rings (SSSR count). The fraction of sp³-hybridized carbons (Fsp3) is 0.800. The van der Waals surface area contributed by atoms with Gasteiger partial charge in [0, 0.05) is 50.0 Å². The van der Waals surface area contributed by atoms with Gasteiger partial charge in [0.2, 0.25) is 0 Å². The monoisotopic (exact) mass is 359 g/mol. The summed E-state index contributed by atoms with van der Waals surface area (Å²) < 4.78 is 0. The summed E-state index contributed by atoms with van der Waals surface area (Å²) >= 11 is 0. The van der Waals surface area contributed by atoms with Crippen LogP contribution in [0, 0.1) is 5.92 Å². The van der Waals surface area contributed by atoms with Crippen LogP contribution in [0.4, 0.5) is 4.79 Å². The molecule has 1 saturated carbocycles. The van der Waals surface area contributed by atoms with E-state index in [9.17, 15) is 4.79 Å². The number of carbonyl (C=O) groups is 1. The summed E-state index contributed by atoms with van der Waals surface area (Å²) in [5.41, 5.74) is 1.21. The molecule has 1 aromatic heterocycles. The summed E-state index contributed by atoms with van der Waals surface area (Å²) in [4.78, 5) is 17.2. The average molecular weight is 360 g/mol. The first-order valence-corrected chi connectivity index (χ1v) is 10.6. The molecule has 0 aromatic carbocycles. The van der Waals surface area contributed by atoms with Crippen LogP contribution in [-0.4, -0.2) is 64.8 Å². The van der Waals surface area contributed by atoms with E-state index in [0.29, 0.717) is 11.8 Å². The Kier molecular flexibility index (Phi) is 5.78. The smallest absolute Gasteiger partial charge is 0.317 e. The van der Waals surface area contributed by atoms with Gasteiger partial charge in [-0.3, -0.25) is 5.10 Å². The molecule has 6 heteroatoms. The third kappa shape index (κ3) is 4.22. The Hall–Kier alpha value is -1.56. The molecule has 0 radical (unpaired) electrons. The number of hydrogen-bond acceptors (Lipinski definition) is 3. The minimum absolute atomic E-state index is 0.131. The third-order valence-corrected chi connectivity index (χ3v) is 6.68. The number of hydrogen-bond donors (Lipinski definition) is 2.